The summed E-state index contributed by atoms with van der Waals surface area (Å²) in [7, 11) is 0. The van der Waals surface area contributed by atoms with Crippen molar-refractivity contribution in [1.29, 1.82) is 0 Å². The number of cyclic esters (lactones) is 2. The van der Waals surface area contributed by atoms with Gasteiger partial charge in [-0.2, -0.15) is 8.78 Å². The molecule has 6 heteroatoms. The van der Waals surface area contributed by atoms with Gasteiger partial charge in [-0.25, -0.2) is 4.79 Å². The molecule has 1 saturated heterocycles. The molecule has 0 saturated carbocycles. The van der Waals surface area contributed by atoms with E-state index in [-0.39, 0.29) is 0 Å². The molecule has 3 nitrogen and oxygen atoms in total. The lowest BCUT2D eigenvalue weighted by atomic mass is 10.3. The summed E-state index contributed by atoms with van der Waals surface area (Å²) in [5, 5.41) is 0. The van der Waals surface area contributed by atoms with Crippen LogP contribution >= 0.6 is 0 Å². The SMILES string of the molecule is O=C1OC(F)C(F)(C#CF)O1. The van der Waals surface area contributed by atoms with Gasteiger partial charge < -0.3 is 9.47 Å². The second-order valence-corrected chi connectivity index (χ2v) is 1.65. The van der Waals surface area contributed by atoms with E-state index >= 15 is 0 Å². The van der Waals surface area contributed by atoms with Gasteiger partial charge in [0.15, 0.2) is 0 Å². The van der Waals surface area contributed by atoms with Crippen LogP contribution in [-0.4, -0.2) is 18.4 Å². The normalized spacial score (nSPS) is 35.2. The van der Waals surface area contributed by atoms with E-state index < -0.39 is 18.4 Å². The van der Waals surface area contributed by atoms with Crippen molar-refractivity contribution in [2.45, 2.75) is 12.2 Å². The van der Waals surface area contributed by atoms with E-state index in [1.54, 1.807) is 0 Å². The number of alkyl halides is 2. The molecule has 0 bridgehead atoms. The number of carbonyl (C=O) groups is 1. The fraction of sp³-hybridized carbons (Fsp3) is 0.400. The maximum Gasteiger partial charge on any atom is 0.514 e. The first-order chi connectivity index (χ1) is 5.08. The van der Waals surface area contributed by atoms with Crippen molar-refractivity contribution in [3.8, 4) is 12.1 Å². The zero-order chi connectivity index (χ0) is 8.48. The summed E-state index contributed by atoms with van der Waals surface area (Å²) in [6.45, 7) is 0. The van der Waals surface area contributed by atoms with Crippen LogP contribution in [0.4, 0.5) is 18.0 Å². The average Bonchev–Trinajstić information content (AvgIpc) is 2.08. The van der Waals surface area contributed by atoms with Crippen LogP contribution in [0.5, 0.6) is 0 Å². The molecule has 11 heavy (non-hydrogen) atoms. The van der Waals surface area contributed by atoms with Crippen molar-refractivity contribution in [3.05, 3.63) is 0 Å². The Morgan fingerprint density at radius 2 is 2.27 bits per heavy atom. The summed E-state index contributed by atoms with van der Waals surface area (Å²) in [4.78, 5) is 10.0. The standard InChI is InChI=1S/C5HF3O3/c6-2-1-5(8)3(7)10-4(9)11-5/h3H. The molecule has 1 aliphatic heterocycles. The minimum Gasteiger partial charge on any atom is -0.391 e. The molecule has 1 heterocycles. The Kier molecular flexibility index (Phi) is 1.64. The van der Waals surface area contributed by atoms with Gasteiger partial charge in [-0.1, -0.05) is 0 Å². The third kappa shape index (κ3) is 1.22. The van der Waals surface area contributed by atoms with Crippen LogP contribution < -0.4 is 0 Å². The monoisotopic (exact) mass is 166 g/mol. The lowest BCUT2D eigenvalue weighted by Gasteiger charge is -2.07. The Morgan fingerprint density at radius 1 is 1.64 bits per heavy atom. The van der Waals surface area contributed by atoms with Crippen molar-refractivity contribution in [1.82, 2.24) is 0 Å². The van der Waals surface area contributed by atoms with Crippen LogP contribution in [0.3, 0.4) is 0 Å². The minimum absolute atomic E-state index is 0.579. The Hall–Kier alpha value is -1.38. The summed E-state index contributed by atoms with van der Waals surface area (Å²) in [6, 6.07) is 0. The van der Waals surface area contributed by atoms with E-state index in [0.29, 0.717) is 6.17 Å². The molecular formula is C5HF3O3. The molecule has 0 aromatic carbocycles. The number of carbonyl (C=O) groups excluding carboxylic acids is 1. The summed E-state index contributed by atoms with van der Waals surface area (Å²) < 4.78 is 43.1. The van der Waals surface area contributed by atoms with Crippen LogP contribution in [0.25, 0.3) is 0 Å². The molecule has 0 aromatic heterocycles. The zero-order valence-electron chi connectivity index (χ0n) is 4.94. The van der Waals surface area contributed by atoms with Crippen LogP contribution in [0.1, 0.15) is 0 Å². The molecule has 0 aromatic rings. The minimum atomic E-state index is -3.30. The van der Waals surface area contributed by atoms with Crippen molar-refractivity contribution >= 4 is 6.16 Å². The first-order valence-electron chi connectivity index (χ1n) is 2.44. The molecule has 1 fully saturated rings. The second kappa shape index (κ2) is 2.34. The predicted molar refractivity (Wildman–Crippen MR) is 25.2 cm³/mol. The van der Waals surface area contributed by atoms with Gasteiger partial charge in [-0.15, -0.1) is 4.39 Å². The van der Waals surface area contributed by atoms with E-state index in [2.05, 4.69) is 9.47 Å². The molecule has 60 valence electrons. The highest BCUT2D eigenvalue weighted by Crippen LogP contribution is 2.28. The second-order valence-electron chi connectivity index (χ2n) is 1.65. The Bertz CT molecular complexity index is 243. The zero-order valence-corrected chi connectivity index (χ0v) is 4.94. The van der Waals surface area contributed by atoms with Gasteiger partial charge in [-0.3, -0.25) is 0 Å². The lowest BCUT2D eigenvalue weighted by molar-refractivity contribution is -0.0914. The third-order valence-electron chi connectivity index (χ3n) is 0.941. The molecule has 2 atom stereocenters. The largest absolute Gasteiger partial charge is 0.514 e. The van der Waals surface area contributed by atoms with Gasteiger partial charge in [0.05, 0.1) is 0 Å². The van der Waals surface area contributed by atoms with E-state index in [9.17, 15) is 18.0 Å². The van der Waals surface area contributed by atoms with E-state index in [1.807, 2.05) is 0 Å². The van der Waals surface area contributed by atoms with Crippen LogP contribution in [-0.2, 0) is 9.47 Å². The first kappa shape index (κ1) is 7.72. The molecule has 1 aliphatic rings. The molecular weight excluding hydrogens is 165 g/mol. The highest BCUT2D eigenvalue weighted by atomic mass is 19.2. The van der Waals surface area contributed by atoms with Gasteiger partial charge in [-0.05, 0) is 0 Å². The molecule has 0 amide bonds. The van der Waals surface area contributed by atoms with Crippen molar-refractivity contribution in [2.75, 3.05) is 0 Å². The van der Waals surface area contributed by atoms with Gasteiger partial charge >= 0.3 is 18.4 Å². The molecule has 2 unspecified atom stereocenters. The third-order valence-corrected chi connectivity index (χ3v) is 0.941. The van der Waals surface area contributed by atoms with Gasteiger partial charge in [0.1, 0.15) is 6.17 Å². The van der Waals surface area contributed by atoms with Crippen LogP contribution in [0, 0.1) is 12.1 Å². The van der Waals surface area contributed by atoms with E-state index in [4.69, 9.17) is 0 Å². The van der Waals surface area contributed by atoms with E-state index in [1.165, 1.54) is 0 Å². The first-order valence-corrected chi connectivity index (χ1v) is 2.44. The number of ether oxygens (including phenoxy) is 2. The Labute approximate surface area is 59.1 Å². The predicted octanol–water partition coefficient (Wildman–Crippen LogP) is 1.04. The molecule has 1 rings (SSSR count). The fourth-order valence-electron chi connectivity index (χ4n) is 0.499. The molecule has 0 radical (unpaired) electrons. The van der Waals surface area contributed by atoms with Gasteiger partial charge in [0.25, 0.3) is 0 Å². The maximum absolute atomic E-state index is 12.6. The Morgan fingerprint density at radius 3 is 2.64 bits per heavy atom. The van der Waals surface area contributed by atoms with Crippen molar-refractivity contribution in [2.24, 2.45) is 0 Å². The number of hydrogen-bond donors (Lipinski definition) is 0. The Balaban J connectivity index is 2.84. The van der Waals surface area contributed by atoms with Crippen LogP contribution in [0.15, 0.2) is 0 Å². The van der Waals surface area contributed by atoms with Gasteiger partial charge in [0, 0.05) is 5.92 Å². The number of rotatable bonds is 0. The van der Waals surface area contributed by atoms with Crippen molar-refractivity contribution < 1.29 is 27.4 Å². The molecule has 0 aliphatic carbocycles. The summed E-state index contributed by atoms with van der Waals surface area (Å²) in [6.07, 6.45) is -3.67. The number of halogens is 3. The smallest absolute Gasteiger partial charge is 0.391 e. The van der Waals surface area contributed by atoms with Gasteiger partial charge in [0.2, 0.25) is 0 Å². The summed E-state index contributed by atoms with van der Waals surface area (Å²) >= 11 is 0. The number of hydrogen-bond acceptors (Lipinski definition) is 3. The average molecular weight is 166 g/mol. The maximum atomic E-state index is 12.6. The summed E-state index contributed by atoms with van der Waals surface area (Å²) in [5.41, 5.74) is 0. The molecule has 0 spiro atoms. The fourth-order valence-corrected chi connectivity index (χ4v) is 0.499. The molecule has 0 N–H and O–H groups in total. The van der Waals surface area contributed by atoms with Crippen LogP contribution in [0.2, 0.25) is 0 Å². The highest BCUT2D eigenvalue weighted by molar-refractivity contribution is 5.63. The lowest BCUT2D eigenvalue weighted by Crippen LogP contribution is -2.29. The van der Waals surface area contributed by atoms with Crippen molar-refractivity contribution in [3.63, 3.8) is 0 Å². The quantitative estimate of drug-likeness (QED) is 0.398. The summed E-state index contributed by atoms with van der Waals surface area (Å²) in [5.74, 6) is -2.23. The highest BCUT2D eigenvalue weighted by Gasteiger charge is 2.52. The van der Waals surface area contributed by atoms with E-state index in [0.717, 1.165) is 5.92 Å². The topological polar surface area (TPSA) is 35.5 Å².